The van der Waals surface area contributed by atoms with Crippen molar-refractivity contribution in [1.29, 1.82) is 0 Å². The highest BCUT2D eigenvalue weighted by molar-refractivity contribution is 5.98. The Morgan fingerprint density at radius 3 is 2.86 bits per heavy atom. The molecule has 8 heteroatoms. The van der Waals surface area contributed by atoms with Gasteiger partial charge in [-0.25, -0.2) is 4.39 Å². The number of amides is 1. The third kappa shape index (κ3) is 3.89. The number of rotatable bonds is 3. The van der Waals surface area contributed by atoms with Crippen molar-refractivity contribution in [3.05, 3.63) is 39.7 Å². The van der Waals surface area contributed by atoms with Crippen LogP contribution in [-0.4, -0.2) is 41.9 Å². The Morgan fingerprint density at radius 1 is 1.52 bits per heavy atom. The molecule has 116 valence electrons. The van der Waals surface area contributed by atoms with E-state index in [4.69, 9.17) is 0 Å². The zero-order valence-electron chi connectivity index (χ0n) is 11.5. The second-order valence-electron chi connectivity index (χ2n) is 4.80. The maximum Gasteiger partial charge on any atom is 0.285 e. The van der Waals surface area contributed by atoms with Gasteiger partial charge in [0.1, 0.15) is 11.4 Å². The molecule has 1 heterocycles. The van der Waals surface area contributed by atoms with E-state index in [2.05, 4.69) is 5.32 Å². The van der Waals surface area contributed by atoms with Crippen molar-refractivity contribution in [3.8, 4) is 0 Å². The van der Waals surface area contributed by atoms with E-state index >= 15 is 0 Å². The number of hydrogen-bond donors (Lipinski definition) is 1. The predicted octanol–water partition coefficient (Wildman–Crippen LogP) is 1.98. The third-order valence-corrected chi connectivity index (χ3v) is 3.50. The van der Waals surface area contributed by atoms with E-state index in [0.29, 0.717) is 13.1 Å². The number of nitrogens with one attached hydrogen (secondary N) is 1. The highest BCUT2D eigenvalue weighted by Gasteiger charge is 2.28. The van der Waals surface area contributed by atoms with Gasteiger partial charge in [-0.2, -0.15) is 0 Å². The van der Waals surface area contributed by atoms with Crippen molar-refractivity contribution in [2.24, 2.45) is 0 Å². The lowest BCUT2D eigenvalue weighted by atomic mass is 10.0. The molecule has 1 unspecified atom stereocenters. The lowest BCUT2D eigenvalue weighted by Gasteiger charge is -2.32. The van der Waals surface area contributed by atoms with Gasteiger partial charge in [-0.3, -0.25) is 14.9 Å². The van der Waals surface area contributed by atoms with Crippen LogP contribution >= 0.6 is 12.4 Å². The van der Waals surface area contributed by atoms with Crippen LogP contribution in [0.5, 0.6) is 0 Å². The molecular formula is C13H17ClFN3O3. The first-order valence-corrected chi connectivity index (χ1v) is 6.43. The smallest absolute Gasteiger partial charge is 0.285 e. The van der Waals surface area contributed by atoms with Gasteiger partial charge >= 0.3 is 0 Å². The van der Waals surface area contributed by atoms with E-state index in [1.54, 1.807) is 4.90 Å². The maximum absolute atomic E-state index is 13.1. The fourth-order valence-electron chi connectivity index (χ4n) is 2.40. The molecule has 1 atom stereocenters. The van der Waals surface area contributed by atoms with Gasteiger partial charge in [-0.15, -0.1) is 12.4 Å². The summed E-state index contributed by atoms with van der Waals surface area (Å²) in [6.07, 6.45) is 1.80. The molecule has 6 nitrogen and oxygen atoms in total. The van der Waals surface area contributed by atoms with E-state index in [0.717, 1.165) is 25.0 Å². The van der Waals surface area contributed by atoms with Crippen LogP contribution in [0.2, 0.25) is 0 Å². The summed E-state index contributed by atoms with van der Waals surface area (Å²) in [7, 11) is 1.82. The second kappa shape index (κ2) is 7.33. The molecule has 1 aromatic rings. The van der Waals surface area contributed by atoms with Gasteiger partial charge in [0.2, 0.25) is 0 Å². The summed E-state index contributed by atoms with van der Waals surface area (Å²) in [5.41, 5.74) is -0.547. The zero-order valence-corrected chi connectivity index (χ0v) is 12.4. The molecule has 1 N–H and O–H groups in total. The van der Waals surface area contributed by atoms with E-state index in [1.165, 1.54) is 6.07 Å². The van der Waals surface area contributed by atoms with Crippen LogP contribution in [-0.2, 0) is 0 Å². The lowest BCUT2D eigenvalue weighted by Crippen LogP contribution is -2.47. The average molecular weight is 318 g/mol. The minimum absolute atomic E-state index is 0. The van der Waals surface area contributed by atoms with Crippen molar-refractivity contribution in [2.75, 3.05) is 20.1 Å². The molecule has 1 aromatic carbocycles. The predicted molar refractivity (Wildman–Crippen MR) is 78.3 cm³/mol. The molecule has 1 aliphatic heterocycles. The molecule has 1 fully saturated rings. The number of benzene rings is 1. The second-order valence-corrected chi connectivity index (χ2v) is 4.80. The summed E-state index contributed by atoms with van der Waals surface area (Å²) in [6.45, 7) is 1.06. The van der Waals surface area contributed by atoms with Crippen molar-refractivity contribution in [1.82, 2.24) is 10.2 Å². The number of carbonyl (C=O) groups excluding carboxylic acids is 1. The molecular weight excluding hydrogens is 301 g/mol. The average Bonchev–Trinajstić information content (AvgIpc) is 2.46. The van der Waals surface area contributed by atoms with E-state index in [1.807, 2.05) is 7.05 Å². The number of carbonyl (C=O) groups is 1. The van der Waals surface area contributed by atoms with Crippen LogP contribution in [0.15, 0.2) is 18.2 Å². The summed E-state index contributed by atoms with van der Waals surface area (Å²) >= 11 is 0. The number of piperidine rings is 1. The number of nitrogens with zero attached hydrogens (tertiary/aromatic N) is 2. The van der Waals surface area contributed by atoms with Crippen LogP contribution in [0.3, 0.4) is 0 Å². The molecule has 1 saturated heterocycles. The normalized spacial score (nSPS) is 18.0. The van der Waals surface area contributed by atoms with Gasteiger partial charge in [0.25, 0.3) is 11.6 Å². The Bertz CT molecular complexity index is 541. The van der Waals surface area contributed by atoms with Gasteiger partial charge in [-0.05, 0) is 32.0 Å². The molecule has 0 aliphatic carbocycles. The third-order valence-electron chi connectivity index (χ3n) is 3.50. The first-order chi connectivity index (χ1) is 9.52. The Hall–Kier alpha value is -1.73. The largest absolute Gasteiger partial charge is 0.337 e. The van der Waals surface area contributed by atoms with Crippen LogP contribution < -0.4 is 5.32 Å². The molecule has 1 aliphatic rings. The first kappa shape index (κ1) is 17.3. The molecule has 21 heavy (non-hydrogen) atoms. The van der Waals surface area contributed by atoms with E-state index < -0.39 is 22.3 Å². The number of likely N-dealkylation sites (tertiary alicyclic amines) is 1. The molecule has 0 saturated carbocycles. The lowest BCUT2D eigenvalue weighted by molar-refractivity contribution is -0.385. The molecule has 2 rings (SSSR count). The number of halogens is 2. The van der Waals surface area contributed by atoms with Gasteiger partial charge in [0.15, 0.2) is 0 Å². The zero-order chi connectivity index (χ0) is 14.7. The van der Waals surface area contributed by atoms with Crippen LogP contribution in [0.4, 0.5) is 10.1 Å². The molecule has 0 radical (unpaired) electrons. The van der Waals surface area contributed by atoms with Crippen molar-refractivity contribution >= 4 is 24.0 Å². The summed E-state index contributed by atoms with van der Waals surface area (Å²) in [5.74, 6) is -1.14. The quantitative estimate of drug-likeness (QED) is 0.683. The number of nitro benzene ring substituents is 1. The summed E-state index contributed by atoms with van der Waals surface area (Å²) < 4.78 is 13.1. The fourth-order valence-corrected chi connectivity index (χ4v) is 2.40. The van der Waals surface area contributed by atoms with Gasteiger partial charge in [0.05, 0.1) is 11.0 Å². The van der Waals surface area contributed by atoms with Crippen LogP contribution in [0.25, 0.3) is 0 Å². The molecule has 0 bridgehead atoms. The van der Waals surface area contributed by atoms with E-state index in [9.17, 15) is 19.3 Å². The Kier molecular flexibility index (Phi) is 6.04. The Labute approximate surface area is 127 Å². The highest BCUT2D eigenvalue weighted by Crippen LogP contribution is 2.23. The molecule has 0 aromatic heterocycles. The number of hydrogen-bond acceptors (Lipinski definition) is 4. The molecule has 0 spiro atoms. The van der Waals surface area contributed by atoms with E-state index in [-0.39, 0.29) is 24.0 Å². The standard InChI is InChI=1S/C13H16FN3O3.ClH/c1-15-10-3-2-6-16(8-10)13(18)11-5-4-9(14)7-12(11)17(19)20;/h4-5,7,10,15H,2-3,6,8H2,1H3;1H. The number of likely N-dealkylation sites (N-methyl/N-ethyl adjacent to an activating group) is 1. The molecule has 1 amide bonds. The summed E-state index contributed by atoms with van der Waals surface area (Å²) in [5, 5.41) is 14.0. The summed E-state index contributed by atoms with van der Waals surface area (Å²) in [4.78, 5) is 24.2. The van der Waals surface area contributed by atoms with Gasteiger partial charge in [-0.1, -0.05) is 0 Å². The minimum Gasteiger partial charge on any atom is -0.337 e. The van der Waals surface area contributed by atoms with Crippen molar-refractivity contribution in [2.45, 2.75) is 18.9 Å². The number of nitro groups is 1. The fraction of sp³-hybridized carbons (Fsp3) is 0.462. The Balaban J connectivity index is 0.00000220. The van der Waals surface area contributed by atoms with Gasteiger partial charge < -0.3 is 10.2 Å². The highest BCUT2D eigenvalue weighted by atomic mass is 35.5. The minimum atomic E-state index is -0.726. The van der Waals surface area contributed by atoms with Crippen LogP contribution in [0, 0.1) is 15.9 Å². The topological polar surface area (TPSA) is 75.5 Å². The van der Waals surface area contributed by atoms with Crippen molar-refractivity contribution < 1.29 is 14.1 Å². The monoisotopic (exact) mass is 317 g/mol. The van der Waals surface area contributed by atoms with Gasteiger partial charge in [0, 0.05) is 19.1 Å². The Morgan fingerprint density at radius 2 is 2.24 bits per heavy atom. The first-order valence-electron chi connectivity index (χ1n) is 6.43. The maximum atomic E-state index is 13.1. The van der Waals surface area contributed by atoms with Crippen LogP contribution in [0.1, 0.15) is 23.2 Å². The summed E-state index contributed by atoms with van der Waals surface area (Å²) in [6, 6.07) is 3.22. The van der Waals surface area contributed by atoms with Crippen molar-refractivity contribution in [3.63, 3.8) is 0 Å². The SMILES string of the molecule is CNC1CCCN(C(=O)c2ccc(F)cc2[N+](=O)[O-])C1.Cl.